The Kier molecular flexibility index (Phi) is 3.98. The van der Waals surface area contributed by atoms with Gasteiger partial charge in [0.15, 0.2) is 10.1 Å². The Balaban J connectivity index is 2.25. The fourth-order valence-corrected chi connectivity index (χ4v) is 3.26. The van der Waals surface area contributed by atoms with Crippen LogP contribution in [0.2, 0.25) is 0 Å². The van der Waals surface area contributed by atoms with Gasteiger partial charge in [0.25, 0.3) is 0 Å². The van der Waals surface area contributed by atoms with E-state index in [9.17, 15) is 4.79 Å². The fraction of sp³-hybridized carbons (Fsp3) is 0.250. The lowest BCUT2D eigenvalue weighted by Gasteiger charge is -2.04. The molecular weight excluding hydrogens is 266 g/mol. The maximum absolute atomic E-state index is 11.5. The van der Waals surface area contributed by atoms with Crippen molar-refractivity contribution >= 4 is 34.0 Å². The molecule has 0 radical (unpaired) electrons. The summed E-state index contributed by atoms with van der Waals surface area (Å²) >= 11 is 2.99. The molecule has 0 spiro atoms. The SMILES string of the molecule is CC(=O)c1ccccc1Sc1nnc(N(C)C)s1. The number of carbonyl (C=O) groups excluding carboxylic acids is 1. The Hall–Kier alpha value is -1.40. The molecule has 2 aromatic rings. The number of ketones is 1. The molecule has 0 saturated carbocycles. The van der Waals surface area contributed by atoms with Crippen molar-refractivity contribution in [2.45, 2.75) is 16.2 Å². The normalized spacial score (nSPS) is 10.4. The molecule has 0 fully saturated rings. The molecule has 18 heavy (non-hydrogen) atoms. The summed E-state index contributed by atoms with van der Waals surface area (Å²) < 4.78 is 0.840. The van der Waals surface area contributed by atoms with Crippen LogP contribution in [0.1, 0.15) is 17.3 Å². The van der Waals surface area contributed by atoms with E-state index in [2.05, 4.69) is 10.2 Å². The van der Waals surface area contributed by atoms with Crippen LogP contribution in [-0.4, -0.2) is 30.1 Å². The lowest BCUT2D eigenvalue weighted by atomic mass is 10.1. The highest BCUT2D eigenvalue weighted by atomic mass is 32.2. The van der Waals surface area contributed by atoms with Crippen LogP contribution in [-0.2, 0) is 0 Å². The van der Waals surface area contributed by atoms with Gasteiger partial charge in [-0.05, 0) is 13.0 Å². The van der Waals surface area contributed by atoms with Crippen LogP contribution in [0.15, 0.2) is 33.5 Å². The van der Waals surface area contributed by atoms with Crippen molar-refractivity contribution in [1.82, 2.24) is 10.2 Å². The summed E-state index contributed by atoms with van der Waals surface area (Å²) in [5.74, 6) is 0.0652. The van der Waals surface area contributed by atoms with Crippen LogP contribution < -0.4 is 4.90 Å². The zero-order valence-corrected chi connectivity index (χ0v) is 12.0. The minimum Gasteiger partial charge on any atom is -0.353 e. The molecule has 0 atom stereocenters. The minimum absolute atomic E-state index is 0.0652. The van der Waals surface area contributed by atoms with Gasteiger partial charge >= 0.3 is 0 Å². The van der Waals surface area contributed by atoms with Crippen LogP contribution in [0, 0.1) is 0 Å². The second-order valence-electron chi connectivity index (χ2n) is 3.90. The van der Waals surface area contributed by atoms with Gasteiger partial charge in [-0.15, -0.1) is 10.2 Å². The number of carbonyl (C=O) groups is 1. The number of hydrogen-bond acceptors (Lipinski definition) is 6. The quantitative estimate of drug-likeness (QED) is 0.805. The van der Waals surface area contributed by atoms with Crippen LogP contribution in [0.5, 0.6) is 0 Å². The molecule has 0 amide bonds. The summed E-state index contributed by atoms with van der Waals surface area (Å²) in [6.07, 6.45) is 0. The molecule has 1 aromatic heterocycles. The average molecular weight is 279 g/mol. The smallest absolute Gasteiger partial charge is 0.208 e. The molecular formula is C12H13N3OS2. The lowest BCUT2D eigenvalue weighted by Crippen LogP contribution is -2.07. The summed E-state index contributed by atoms with van der Waals surface area (Å²) in [5, 5.41) is 9.05. The second kappa shape index (κ2) is 5.49. The highest BCUT2D eigenvalue weighted by Gasteiger charge is 2.11. The summed E-state index contributed by atoms with van der Waals surface area (Å²) in [7, 11) is 3.86. The molecule has 0 saturated heterocycles. The first kappa shape index (κ1) is 13.0. The van der Waals surface area contributed by atoms with Crippen molar-refractivity contribution in [1.29, 1.82) is 0 Å². The molecule has 94 valence electrons. The third kappa shape index (κ3) is 2.88. The number of nitrogens with zero attached hydrogens (tertiary/aromatic N) is 3. The third-order valence-corrected chi connectivity index (χ3v) is 4.46. The lowest BCUT2D eigenvalue weighted by molar-refractivity contribution is 0.101. The van der Waals surface area contributed by atoms with Crippen molar-refractivity contribution in [3.63, 3.8) is 0 Å². The predicted octanol–water partition coefficient (Wildman–Crippen LogP) is 2.96. The zero-order valence-electron chi connectivity index (χ0n) is 10.4. The molecule has 0 aliphatic heterocycles. The van der Waals surface area contributed by atoms with Crippen molar-refractivity contribution in [3.8, 4) is 0 Å². The van der Waals surface area contributed by atoms with Crippen LogP contribution in [0.4, 0.5) is 5.13 Å². The van der Waals surface area contributed by atoms with E-state index < -0.39 is 0 Å². The predicted molar refractivity (Wildman–Crippen MR) is 74.8 cm³/mol. The number of Topliss-reactive ketones (excluding diaryl/α,β-unsaturated/α-hetero) is 1. The van der Waals surface area contributed by atoms with Gasteiger partial charge in [0.2, 0.25) is 5.13 Å². The Morgan fingerprint density at radius 2 is 2.00 bits per heavy atom. The maximum atomic E-state index is 11.5. The molecule has 0 aliphatic rings. The molecule has 4 nitrogen and oxygen atoms in total. The highest BCUT2D eigenvalue weighted by Crippen LogP contribution is 2.34. The van der Waals surface area contributed by atoms with Crippen molar-refractivity contribution in [3.05, 3.63) is 29.8 Å². The summed E-state index contributed by atoms with van der Waals surface area (Å²) in [6, 6.07) is 7.55. The van der Waals surface area contributed by atoms with Crippen molar-refractivity contribution in [2.24, 2.45) is 0 Å². The van der Waals surface area contributed by atoms with E-state index >= 15 is 0 Å². The number of aromatic nitrogens is 2. The van der Waals surface area contributed by atoms with E-state index in [4.69, 9.17) is 0 Å². The van der Waals surface area contributed by atoms with Gasteiger partial charge in [0.05, 0.1) is 0 Å². The summed E-state index contributed by atoms with van der Waals surface area (Å²) in [5.41, 5.74) is 0.726. The van der Waals surface area contributed by atoms with Gasteiger partial charge in [0, 0.05) is 24.6 Å². The van der Waals surface area contributed by atoms with E-state index in [1.165, 1.54) is 23.1 Å². The second-order valence-corrected chi connectivity index (χ2v) is 6.14. The molecule has 0 N–H and O–H groups in total. The fourth-order valence-electron chi connectivity index (χ4n) is 1.37. The first-order valence-electron chi connectivity index (χ1n) is 5.36. The summed E-state index contributed by atoms with van der Waals surface area (Å²) in [4.78, 5) is 14.4. The first-order chi connectivity index (χ1) is 8.58. The molecule has 1 heterocycles. The summed E-state index contributed by atoms with van der Waals surface area (Å²) in [6.45, 7) is 1.57. The van der Waals surface area contributed by atoms with E-state index in [1.54, 1.807) is 6.92 Å². The minimum atomic E-state index is 0.0652. The van der Waals surface area contributed by atoms with Crippen molar-refractivity contribution < 1.29 is 4.79 Å². The number of benzene rings is 1. The van der Waals surface area contributed by atoms with Crippen LogP contribution in [0.25, 0.3) is 0 Å². The Morgan fingerprint density at radius 1 is 1.28 bits per heavy atom. The Morgan fingerprint density at radius 3 is 2.61 bits per heavy atom. The monoisotopic (exact) mass is 279 g/mol. The number of rotatable bonds is 4. The van der Waals surface area contributed by atoms with Gasteiger partial charge in [-0.1, -0.05) is 41.3 Å². The van der Waals surface area contributed by atoms with Crippen molar-refractivity contribution in [2.75, 3.05) is 19.0 Å². The van der Waals surface area contributed by atoms with Gasteiger partial charge < -0.3 is 4.90 Å². The van der Waals surface area contributed by atoms with E-state index in [-0.39, 0.29) is 5.78 Å². The maximum Gasteiger partial charge on any atom is 0.208 e. The van der Waals surface area contributed by atoms with E-state index in [0.29, 0.717) is 0 Å². The zero-order chi connectivity index (χ0) is 13.1. The first-order valence-corrected chi connectivity index (χ1v) is 7.00. The molecule has 6 heteroatoms. The topological polar surface area (TPSA) is 46.1 Å². The molecule has 2 rings (SSSR count). The van der Waals surface area contributed by atoms with Crippen LogP contribution >= 0.6 is 23.1 Å². The molecule has 0 bridgehead atoms. The molecule has 0 aliphatic carbocycles. The molecule has 0 unspecified atom stereocenters. The van der Waals surface area contributed by atoms with Crippen LogP contribution in [0.3, 0.4) is 0 Å². The Labute approximate surface area is 114 Å². The highest BCUT2D eigenvalue weighted by molar-refractivity contribution is 8.01. The largest absolute Gasteiger partial charge is 0.353 e. The number of anilines is 1. The van der Waals surface area contributed by atoms with E-state index in [0.717, 1.165) is 19.9 Å². The standard InChI is InChI=1S/C12H13N3OS2/c1-8(16)9-6-4-5-7-10(9)17-12-14-13-11(18-12)15(2)3/h4-7H,1-3H3. The molecule has 1 aromatic carbocycles. The van der Waals surface area contributed by atoms with Gasteiger partial charge in [-0.3, -0.25) is 4.79 Å². The van der Waals surface area contributed by atoms with E-state index in [1.807, 2.05) is 43.3 Å². The third-order valence-electron chi connectivity index (χ3n) is 2.24. The average Bonchev–Trinajstić information content (AvgIpc) is 2.78. The Bertz CT molecular complexity index is 566. The number of hydrogen-bond donors (Lipinski definition) is 0. The van der Waals surface area contributed by atoms with Gasteiger partial charge in [0.1, 0.15) is 0 Å². The van der Waals surface area contributed by atoms with Gasteiger partial charge in [-0.25, -0.2) is 0 Å². The van der Waals surface area contributed by atoms with Gasteiger partial charge in [-0.2, -0.15) is 0 Å².